The molecular formula is C29H29NO6. The van der Waals surface area contributed by atoms with E-state index in [0.717, 1.165) is 5.56 Å². The summed E-state index contributed by atoms with van der Waals surface area (Å²) in [5.41, 5.74) is -1.39. The van der Waals surface area contributed by atoms with Crippen LogP contribution in [0.15, 0.2) is 78.5 Å². The summed E-state index contributed by atoms with van der Waals surface area (Å²) in [5.74, 6) is 0.722. The van der Waals surface area contributed by atoms with Gasteiger partial charge in [-0.1, -0.05) is 42.5 Å². The van der Waals surface area contributed by atoms with Crippen molar-refractivity contribution in [1.29, 1.82) is 0 Å². The highest BCUT2D eigenvalue weighted by Gasteiger charge is 2.76. The lowest BCUT2D eigenvalue weighted by Crippen LogP contribution is -2.50. The summed E-state index contributed by atoms with van der Waals surface area (Å²) in [5, 5.41) is 12.7. The molecule has 1 heterocycles. The molecule has 3 atom stereocenters. The number of hydrogen-bond acceptors (Lipinski definition) is 7. The molecular weight excluding hydrogens is 458 g/mol. The van der Waals surface area contributed by atoms with Gasteiger partial charge in [0.25, 0.3) is 0 Å². The molecule has 0 radical (unpaired) electrons. The number of benzene rings is 3. The molecule has 0 bridgehead atoms. The van der Waals surface area contributed by atoms with E-state index >= 15 is 0 Å². The lowest BCUT2D eigenvalue weighted by molar-refractivity contribution is -0.150. The average molecular weight is 488 g/mol. The van der Waals surface area contributed by atoms with Crippen molar-refractivity contribution in [3.63, 3.8) is 0 Å². The lowest BCUT2D eigenvalue weighted by Gasteiger charge is -2.39. The van der Waals surface area contributed by atoms with Gasteiger partial charge < -0.3 is 29.0 Å². The number of carbonyl (C=O) groups is 1. The Morgan fingerprint density at radius 1 is 0.917 bits per heavy atom. The number of methoxy groups -OCH3 is 3. The van der Waals surface area contributed by atoms with E-state index in [4.69, 9.17) is 18.9 Å². The van der Waals surface area contributed by atoms with Gasteiger partial charge in [-0.15, -0.1) is 0 Å². The van der Waals surface area contributed by atoms with E-state index in [0.29, 0.717) is 34.1 Å². The number of ether oxygens (including phenoxy) is 4. The number of nitrogens with zero attached hydrogens (tertiary/aromatic N) is 1. The van der Waals surface area contributed by atoms with E-state index in [9.17, 15) is 9.90 Å². The van der Waals surface area contributed by atoms with Crippen LogP contribution in [0.4, 0.5) is 0 Å². The molecule has 0 aromatic heterocycles. The molecule has 0 saturated heterocycles. The lowest BCUT2D eigenvalue weighted by atomic mass is 9.71. The number of fused-ring (bicyclic) bond motifs is 3. The first-order valence-electron chi connectivity index (χ1n) is 11.6. The summed E-state index contributed by atoms with van der Waals surface area (Å²) in [4.78, 5) is 16.2. The zero-order valence-electron chi connectivity index (χ0n) is 20.9. The van der Waals surface area contributed by atoms with Crippen LogP contribution in [0.1, 0.15) is 22.6 Å². The van der Waals surface area contributed by atoms with E-state index in [1.807, 2.05) is 61.5 Å². The van der Waals surface area contributed by atoms with Gasteiger partial charge in [0.05, 0.1) is 32.8 Å². The van der Waals surface area contributed by atoms with Gasteiger partial charge in [0, 0.05) is 43.6 Å². The van der Waals surface area contributed by atoms with Crippen molar-refractivity contribution < 1.29 is 28.8 Å². The number of rotatable bonds is 6. The van der Waals surface area contributed by atoms with Crippen LogP contribution >= 0.6 is 0 Å². The molecule has 7 heteroatoms. The van der Waals surface area contributed by atoms with Crippen molar-refractivity contribution in [2.45, 2.75) is 17.1 Å². The number of carbonyl (C=O) groups excluding carboxylic acids is 1. The maximum absolute atomic E-state index is 14.4. The predicted octanol–water partition coefficient (Wildman–Crippen LogP) is 4.00. The first kappa shape index (κ1) is 23.8. The third kappa shape index (κ3) is 3.12. The molecule has 3 aromatic carbocycles. The van der Waals surface area contributed by atoms with Crippen molar-refractivity contribution in [1.82, 2.24) is 4.90 Å². The molecule has 1 fully saturated rings. The van der Waals surface area contributed by atoms with E-state index in [1.165, 1.54) is 7.11 Å². The second kappa shape index (κ2) is 8.60. The van der Waals surface area contributed by atoms with E-state index in [1.54, 1.807) is 44.7 Å². The Hall–Kier alpha value is -3.97. The number of aliphatic hydroxyl groups is 1. The monoisotopic (exact) mass is 487 g/mol. The van der Waals surface area contributed by atoms with Gasteiger partial charge in [0.2, 0.25) is 11.4 Å². The Balaban J connectivity index is 1.90. The number of Topliss-reactive ketones (excluding diaryl/α,β-unsaturated/α-hetero) is 1. The third-order valence-electron chi connectivity index (χ3n) is 7.02. The van der Waals surface area contributed by atoms with Crippen molar-refractivity contribution >= 4 is 5.78 Å². The number of hydrogen-bond donors (Lipinski definition) is 1. The summed E-state index contributed by atoms with van der Waals surface area (Å²) in [6, 6.07) is 20.2. The van der Waals surface area contributed by atoms with Crippen LogP contribution in [0.3, 0.4) is 0 Å². The molecule has 2 aliphatic rings. The summed E-state index contributed by atoms with van der Waals surface area (Å²) in [7, 11) is 8.32. The normalized spacial score (nSPS) is 25.2. The highest BCUT2D eigenvalue weighted by molar-refractivity contribution is 6.10. The molecule has 7 nitrogen and oxygen atoms in total. The van der Waals surface area contributed by atoms with Gasteiger partial charge in [-0.05, 0) is 17.7 Å². The molecule has 186 valence electrons. The summed E-state index contributed by atoms with van der Waals surface area (Å²) in [6.07, 6.45) is 1.76. The fraction of sp³-hybridized carbons (Fsp3) is 0.276. The van der Waals surface area contributed by atoms with Crippen LogP contribution in [-0.2, 0) is 16.0 Å². The molecule has 0 spiro atoms. The van der Waals surface area contributed by atoms with Crippen LogP contribution in [0.25, 0.3) is 0 Å². The maximum Gasteiger partial charge on any atom is 0.204 e. The van der Waals surface area contributed by atoms with Crippen LogP contribution in [0.5, 0.6) is 23.0 Å². The van der Waals surface area contributed by atoms with Crippen LogP contribution in [0.2, 0.25) is 0 Å². The number of ketones is 1. The van der Waals surface area contributed by atoms with Crippen molar-refractivity contribution in [3.05, 3.63) is 95.2 Å². The van der Waals surface area contributed by atoms with Crippen LogP contribution in [-0.4, -0.2) is 51.2 Å². The minimum atomic E-state index is -2.07. The van der Waals surface area contributed by atoms with Gasteiger partial charge in [-0.2, -0.15) is 0 Å². The second-order valence-electron chi connectivity index (χ2n) is 9.20. The van der Waals surface area contributed by atoms with Gasteiger partial charge in [-0.3, -0.25) is 4.79 Å². The van der Waals surface area contributed by atoms with Crippen molar-refractivity contribution in [2.24, 2.45) is 0 Å². The molecule has 3 aromatic rings. The summed E-state index contributed by atoms with van der Waals surface area (Å²) in [6.45, 7) is 0. The molecule has 5 rings (SSSR count). The minimum Gasteiger partial charge on any atom is -0.497 e. The van der Waals surface area contributed by atoms with Crippen LogP contribution < -0.4 is 18.9 Å². The first-order valence-corrected chi connectivity index (χ1v) is 11.6. The zero-order chi connectivity index (χ0) is 25.7. The molecule has 1 saturated carbocycles. The van der Waals surface area contributed by atoms with Crippen molar-refractivity contribution in [3.8, 4) is 23.0 Å². The Kier molecular flexibility index (Phi) is 5.68. The third-order valence-corrected chi connectivity index (χ3v) is 7.02. The molecule has 1 aliphatic heterocycles. The quantitative estimate of drug-likeness (QED) is 0.527. The van der Waals surface area contributed by atoms with Crippen LogP contribution in [0, 0.1) is 0 Å². The van der Waals surface area contributed by atoms with Gasteiger partial charge in [0.1, 0.15) is 23.0 Å². The zero-order valence-corrected chi connectivity index (χ0v) is 20.9. The second-order valence-corrected chi connectivity index (χ2v) is 9.20. The Morgan fingerprint density at radius 3 is 2.17 bits per heavy atom. The highest BCUT2D eigenvalue weighted by atomic mass is 16.5. The molecule has 3 unspecified atom stereocenters. The summed E-state index contributed by atoms with van der Waals surface area (Å²) < 4.78 is 23.3. The SMILES string of the molecule is COc1ccc(C23Oc4cc(OC)cc(OC)c4C2(O)C(=O)/C(=C\N(C)C)C3c2ccccc2)cc1. The molecule has 1 N–H and O–H groups in total. The van der Waals surface area contributed by atoms with E-state index in [-0.39, 0.29) is 5.56 Å². The Morgan fingerprint density at radius 2 is 1.58 bits per heavy atom. The standard InChI is InChI=1S/C29H29NO6/c1-30(2)17-22-25(18-9-7-6-8-10-18)29(19-11-13-20(33-3)14-12-19)28(32,27(22)31)26-23(35-5)15-21(34-4)16-24(26)36-29/h6-17,25,32H,1-5H3/b22-17-. The first-order chi connectivity index (χ1) is 17.3. The average Bonchev–Trinajstić information content (AvgIpc) is 3.26. The van der Waals surface area contributed by atoms with Crippen molar-refractivity contribution in [2.75, 3.05) is 35.4 Å². The molecule has 36 heavy (non-hydrogen) atoms. The fourth-order valence-corrected chi connectivity index (χ4v) is 5.57. The maximum atomic E-state index is 14.4. The van der Waals surface area contributed by atoms with E-state index < -0.39 is 22.9 Å². The Labute approximate surface area is 210 Å². The van der Waals surface area contributed by atoms with Gasteiger partial charge in [-0.25, -0.2) is 0 Å². The highest BCUT2D eigenvalue weighted by Crippen LogP contribution is 2.68. The topological polar surface area (TPSA) is 77.5 Å². The minimum absolute atomic E-state index is 0.287. The van der Waals surface area contributed by atoms with Gasteiger partial charge in [0.15, 0.2) is 5.60 Å². The molecule has 0 amide bonds. The largest absolute Gasteiger partial charge is 0.497 e. The fourth-order valence-electron chi connectivity index (χ4n) is 5.57. The Bertz CT molecular complexity index is 1330. The summed E-state index contributed by atoms with van der Waals surface area (Å²) >= 11 is 0. The van der Waals surface area contributed by atoms with Gasteiger partial charge >= 0.3 is 0 Å². The van der Waals surface area contributed by atoms with E-state index in [2.05, 4.69) is 0 Å². The molecule has 1 aliphatic carbocycles. The smallest absolute Gasteiger partial charge is 0.204 e. The predicted molar refractivity (Wildman–Crippen MR) is 135 cm³/mol.